The Morgan fingerprint density at radius 3 is 2.47 bits per heavy atom. The van der Waals surface area contributed by atoms with E-state index in [1.54, 1.807) is 30.5 Å². The lowest BCUT2D eigenvalue weighted by Crippen LogP contribution is -2.11. The summed E-state index contributed by atoms with van der Waals surface area (Å²) in [6.45, 7) is 1.99. The van der Waals surface area contributed by atoms with Crippen LogP contribution in [0.4, 0.5) is 5.69 Å². The molecule has 0 unspecified atom stereocenters. The summed E-state index contributed by atoms with van der Waals surface area (Å²) in [6, 6.07) is 10.9. The average molecular weight is 244 g/mol. The largest absolute Gasteiger partial charge is 0.351 e. The Balaban J connectivity index is 2.14. The summed E-state index contributed by atoms with van der Waals surface area (Å²) in [7, 11) is 0. The van der Waals surface area contributed by atoms with Crippen LogP contribution in [0.1, 0.15) is 15.9 Å². The molecule has 3 nitrogen and oxygen atoms in total. The Bertz CT molecular complexity index is 567. The van der Waals surface area contributed by atoms with Gasteiger partial charge in [0.25, 0.3) is 5.91 Å². The van der Waals surface area contributed by atoms with Crippen molar-refractivity contribution in [2.24, 2.45) is 0 Å². The van der Waals surface area contributed by atoms with Crippen molar-refractivity contribution >= 4 is 23.8 Å². The maximum absolute atomic E-state index is 11.9. The van der Waals surface area contributed by atoms with Crippen molar-refractivity contribution in [2.45, 2.75) is 6.92 Å². The number of pyridine rings is 1. The lowest BCUT2D eigenvalue weighted by molar-refractivity contribution is 0.102. The first kappa shape index (κ1) is 11.5. The van der Waals surface area contributed by atoms with Crippen molar-refractivity contribution in [1.82, 2.24) is 4.98 Å². The van der Waals surface area contributed by atoms with Crippen LogP contribution in [-0.4, -0.2) is 10.9 Å². The Labute approximate surface area is 105 Å². The Morgan fingerprint density at radius 1 is 1.18 bits per heavy atom. The highest BCUT2D eigenvalue weighted by Crippen LogP contribution is 2.08. The second-order valence-electron chi connectivity index (χ2n) is 3.76. The van der Waals surface area contributed by atoms with Crippen molar-refractivity contribution in [1.29, 1.82) is 0 Å². The van der Waals surface area contributed by atoms with Crippen LogP contribution in [0.25, 0.3) is 0 Å². The van der Waals surface area contributed by atoms with E-state index in [9.17, 15) is 4.79 Å². The zero-order valence-corrected chi connectivity index (χ0v) is 10.2. The standard InChI is InChI=1S/C13H12N2OS/c1-9-2-4-10(5-3-9)13(16)15-11-6-7-12(17)14-8-11/h2-8H,1H3,(H,14,17)(H,15,16). The normalized spacial score (nSPS) is 9.94. The number of aromatic nitrogens is 1. The monoisotopic (exact) mass is 244 g/mol. The van der Waals surface area contributed by atoms with E-state index in [1.165, 1.54) is 0 Å². The maximum atomic E-state index is 11.9. The van der Waals surface area contributed by atoms with Crippen molar-refractivity contribution in [3.8, 4) is 0 Å². The molecule has 0 radical (unpaired) electrons. The molecule has 17 heavy (non-hydrogen) atoms. The summed E-state index contributed by atoms with van der Waals surface area (Å²) >= 11 is 4.92. The van der Waals surface area contributed by atoms with E-state index in [1.807, 2.05) is 19.1 Å². The molecule has 2 N–H and O–H groups in total. The minimum atomic E-state index is -0.129. The predicted octanol–water partition coefficient (Wildman–Crippen LogP) is 3.30. The van der Waals surface area contributed by atoms with Gasteiger partial charge in [0.2, 0.25) is 0 Å². The van der Waals surface area contributed by atoms with Crippen LogP contribution in [0.3, 0.4) is 0 Å². The summed E-state index contributed by atoms with van der Waals surface area (Å²) in [5.74, 6) is -0.129. The summed E-state index contributed by atoms with van der Waals surface area (Å²) in [6.07, 6.45) is 1.68. The fourth-order valence-electron chi connectivity index (χ4n) is 1.40. The van der Waals surface area contributed by atoms with E-state index < -0.39 is 0 Å². The van der Waals surface area contributed by atoms with Gasteiger partial charge in [0, 0.05) is 11.8 Å². The zero-order chi connectivity index (χ0) is 12.3. The topological polar surface area (TPSA) is 44.9 Å². The molecule has 0 bridgehead atoms. The van der Waals surface area contributed by atoms with Crippen LogP contribution in [-0.2, 0) is 0 Å². The summed E-state index contributed by atoms with van der Waals surface area (Å²) < 4.78 is 0.637. The fourth-order valence-corrected chi connectivity index (χ4v) is 1.52. The number of nitrogens with one attached hydrogen (secondary N) is 2. The molecule has 2 rings (SSSR count). The van der Waals surface area contributed by atoms with Gasteiger partial charge < -0.3 is 10.3 Å². The van der Waals surface area contributed by atoms with Gasteiger partial charge in [0.05, 0.1) is 5.69 Å². The lowest BCUT2D eigenvalue weighted by Gasteiger charge is -2.04. The molecule has 0 aliphatic rings. The molecule has 1 amide bonds. The molecule has 1 aromatic heterocycles. The Hall–Kier alpha value is -1.94. The van der Waals surface area contributed by atoms with Gasteiger partial charge in [-0.1, -0.05) is 29.9 Å². The zero-order valence-electron chi connectivity index (χ0n) is 9.36. The number of aromatic amines is 1. The first-order valence-electron chi connectivity index (χ1n) is 5.22. The van der Waals surface area contributed by atoms with Crippen molar-refractivity contribution < 1.29 is 4.79 Å². The van der Waals surface area contributed by atoms with Gasteiger partial charge in [-0.2, -0.15) is 0 Å². The molecule has 0 atom stereocenters. The third kappa shape index (κ3) is 3.01. The molecule has 0 saturated heterocycles. The smallest absolute Gasteiger partial charge is 0.255 e. The molecule has 1 aromatic carbocycles. The van der Waals surface area contributed by atoms with Gasteiger partial charge in [-0.3, -0.25) is 4.79 Å². The third-order valence-corrected chi connectivity index (χ3v) is 2.61. The van der Waals surface area contributed by atoms with E-state index in [-0.39, 0.29) is 5.91 Å². The summed E-state index contributed by atoms with van der Waals surface area (Å²) in [5, 5.41) is 2.79. The molecule has 1 heterocycles. The van der Waals surface area contributed by atoms with Crippen molar-refractivity contribution in [3.63, 3.8) is 0 Å². The SMILES string of the molecule is Cc1ccc(C(=O)Nc2ccc(=S)[nH]c2)cc1. The molecule has 0 saturated carbocycles. The number of carbonyl (C=O) groups excluding carboxylic acids is 1. The molecule has 0 aliphatic heterocycles. The Kier molecular flexibility index (Phi) is 3.35. The Morgan fingerprint density at radius 2 is 1.88 bits per heavy atom. The molecule has 2 aromatic rings. The minimum Gasteiger partial charge on any atom is -0.351 e. The highest BCUT2D eigenvalue weighted by Gasteiger charge is 2.04. The van der Waals surface area contributed by atoms with Crippen LogP contribution in [0.15, 0.2) is 42.6 Å². The number of benzene rings is 1. The molecule has 0 fully saturated rings. The number of H-pyrrole nitrogens is 1. The van der Waals surface area contributed by atoms with Gasteiger partial charge in [0.1, 0.15) is 4.64 Å². The maximum Gasteiger partial charge on any atom is 0.255 e. The molecular formula is C13H12N2OS. The van der Waals surface area contributed by atoms with Gasteiger partial charge in [0.15, 0.2) is 0 Å². The van der Waals surface area contributed by atoms with Gasteiger partial charge >= 0.3 is 0 Å². The van der Waals surface area contributed by atoms with Crippen LogP contribution in [0.2, 0.25) is 0 Å². The lowest BCUT2D eigenvalue weighted by atomic mass is 10.1. The number of anilines is 1. The van der Waals surface area contributed by atoms with E-state index in [2.05, 4.69) is 10.3 Å². The van der Waals surface area contributed by atoms with Crippen LogP contribution >= 0.6 is 12.2 Å². The highest BCUT2D eigenvalue weighted by molar-refractivity contribution is 7.71. The van der Waals surface area contributed by atoms with Crippen LogP contribution < -0.4 is 5.32 Å². The quantitative estimate of drug-likeness (QED) is 0.796. The predicted molar refractivity (Wildman–Crippen MR) is 70.8 cm³/mol. The van der Waals surface area contributed by atoms with Gasteiger partial charge in [-0.05, 0) is 31.2 Å². The van der Waals surface area contributed by atoms with E-state index in [0.29, 0.717) is 15.9 Å². The third-order valence-electron chi connectivity index (χ3n) is 2.36. The highest BCUT2D eigenvalue weighted by atomic mass is 32.1. The average Bonchev–Trinajstić information content (AvgIpc) is 2.33. The van der Waals surface area contributed by atoms with Crippen molar-refractivity contribution in [2.75, 3.05) is 5.32 Å². The molecule has 0 spiro atoms. The number of rotatable bonds is 2. The molecular weight excluding hydrogens is 232 g/mol. The van der Waals surface area contributed by atoms with Crippen LogP contribution in [0.5, 0.6) is 0 Å². The number of amides is 1. The first-order chi connectivity index (χ1) is 8.15. The number of aryl methyl sites for hydroxylation is 1. The van der Waals surface area contributed by atoms with Gasteiger partial charge in [-0.15, -0.1) is 0 Å². The number of hydrogen-bond acceptors (Lipinski definition) is 2. The molecule has 4 heteroatoms. The fraction of sp³-hybridized carbons (Fsp3) is 0.0769. The van der Waals surface area contributed by atoms with Crippen LogP contribution in [0, 0.1) is 11.6 Å². The first-order valence-corrected chi connectivity index (χ1v) is 5.63. The van der Waals surface area contributed by atoms with E-state index in [0.717, 1.165) is 5.56 Å². The second kappa shape index (κ2) is 4.93. The van der Waals surface area contributed by atoms with Crippen molar-refractivity contribution in [3.05, 3.63) is 58.4 Å². The molecule has 0 aliphatic carbocycles. The van der Waals surface area contributed by atoms with E-state index >= 15 is 0 Å². The van der Waals surface area contributed by atoms with E-state index in [4.69, 9.17) is 12.2 Å². The summed E-state index contributed by atoms with van der Waals surface area (Å²) in [4.78, 5) is 14.7. The minimum absolute atomic E-state index is 0.129. The van der Waals surface area contributed by atoms with Gasteiger partial charge in [-0.25, -0.2) is 0 Å². The number of carbonyl (C=O) groups is 1. The number of hydrogen-bond donors (Lipinski definition) is 2. The second-order valence-corrected chi connectivity index (χ2v) is 4.20. The summed E-state index contributed by atoms with van der Waals surface area (Å²) in [5.41, 5.74) is 2.47. The molecule has 86 valence electrons.